The minimum atomic E-state index is 0. The number of fused-ring (bicyclic) bond motifs is 6. The largest absolute Gasteiger partial charge is 0.493 e. The van der Waals surface area contributed by atoms with Crippen molar-refractivity contribution < 1.29 is 14.3 Å². The Hall–Kier alpha value is -2.02. The monoisotopic (exact) mass is 754 g/mol. The molecule has 0 unspecified atom stereocenters. The standard InChI is InChI=1S/C21H26ClNO.C13H16ClNO.C9H14O.ClH/c22-18-3-4-20-19(13-18)21(7-10-24-20)5-8-23(9-6-21)14-17-12-15-1-2-16(17)11-15;14-10-1-2-12-11(9-10)13(5-8-16-12)3-6-15-7-4-13;1-7-3-4-8(2)9(5-7)6-10;/h1-4,13,15-17H,5-12,14H2;1-2,9,15H,3-8H2;3-4,6-9H,5H2,1-2H3;1H/t15-,16+,17+;;7-,8+,9-;/m1.0./s1. The second-order valence-electron chi connectivity index (χ2n) is 16.4. The summed E-state index contributed by atoms with van der Waals surface area (Å²) in [5, 5.41) is 5.09. The van der Waals surface area contributed by atoms with Crippen LogP contribution in [0.15, 0.2) is 60.7 Å². The molecule has 4 aliphatic heterocycles. The first-order valence-electron chi connectivity index (χ1n) is 19.4. The Morgan fingerprint density at radius 3 is 1.92 bits per heavy atom. The molecule has 1 saturated carbocycles. The van der Waals surface area contributed by atoms with Gasteiger partial charge in [-0.05, 0) is 150 Å². The van der Waals surface area contributed by atoms with Gasteiger partial charge in [-0.1, -0.05) is 61.4 Å². The van der Waals surface area contributed by atoms with Crippen LogP contribution in [0, 0.1) is 35.5 Å². The molecule has 6 atom stereocenters. The Bertz CT molecular complexity index is 1550. The number of hydrogen-bond donors (Lipinski definition) is 1. The molecule has 2 bridgehead atoms. The Kier molecular flexibility index (Phi) is 12.9. The molecular formula is C43H57Cl3N2O3. The van der Waals surface area contributed by atoms with E-state index in [0.717, 1.165) is 91.1 Å². The van der Waals surface area contributed by atoms with Gasteiger partial charge in [0.25, 0.3) is 0 Å². The highest BCUT2D eigenvalue weighted by atomic mass is 35.5. The molecular weight excluding hydrogens is 699 g/mol. The van der Waals surface area contributed by atoms with E-state index in [1.165, 1.54) is 69.3 Å². The van der Waals surface area contributed by atoms with E-state index < -0.39 is 0 Å². The molecule has 0 radical (unpaired) electrons. The van der Waals surface area contributed by atoms with Crippen molar-refractivity contribution in [3.05, 3.63) is 81.9 Å². The number of rotatable bonds is 3. The van der Waals surface area contributed by atoms with Crippen LogP contribution in [-0.4, -0.2) is 57.1 Å². The zero-order valence-corrected chi connectivity index (χ0v) is 32.8. The fourth-order valence-corrected chi connectivity index (χ4v) is 10.4. The predicted molar refractivity (Wildman–Crippen MR) is 212 cm³/mol. The number of nitrogens with one attached hydrogen (secondary N) is 1. The van der Waals surface area contributed by atoms with Crippen LogP contribution in [0.1, 0.15) is 82.8 Å². The van der Waals surface area contributed by atoms with Gasteiger partial charge in [0.15, 0.2) is 0 Å². The van der Waals surface area contributed by atoms with Crippen molar-refractivity contribution >= 4 is 41.9 Å². The normalized spacial score (nSPS) is 30.7. The van der Waals surface area contributed by atoms with Crippen molar-refractivity contribution in [2.45, 2.75) is 82.5 Å². The van der Waals surface area contributed by atoms with Gasteiger partial charge in [-0.25, -0.2) is 0 Å². The number of carbonyl (C=O) groups excluding carboxylic acids is 1. The maximum absolute atomic E-state index is 10.5. The number of nitrogens with zero attached hydrogens (tertiary/aromatic N) is 1. The highest BCUT2D eigenvalue weighted by Gasteiger charge is 2.43. The highest BCUT2D eigenvalue weighted by molar-refractivity contribution is 6.31. The second kappa shape index (κ2) is 17.0. The molecule has 5 nitrogen and oxygen atoms in total. The molecule has 2 aromatic rings. The molecule has 9 rings (SSSR count). The average Bonchev–Trinajstić information content (AvgIpc) is 3.76. The van der Waals surface area contributed by atoms with Crippen LogP contribution < -0.4 is 14.8 Å². The molecule has 278 valence electrons. The van der Waals surface area contributed by atoms with Gasteiger partial charge in [-0.2, -0.15) is 0 Å². The number of aldehydes is 1. The van der Waals surface area contributed by atoms with Crippen LogP contribution in [0.2, 0.25) is 10.0 Å². The lowest BCUT2D eigenvalue weighted by atomic mass is 9.69. The van der Waals surface area contributed by atoms with Crippen molar-refractivity contribution in [1.29, 1.82) is 0 Å². The molecule has 1 N–H and O–H groups in total. The number of carbonyl (C=O) groups is 1. The van der Waals surface area contributed by atoms with Crippen LogP contribution in [0.25, 0.3) is 0 Å². The fourth-order valence-electron chi connectivity index (χ4n) is 10.0. The van der Waals surface area contributed by atoms with Gasteiger partial charge in [-0.15, -0.1) is 12.4 Å². The van der Waals surface area contributed by atoms with Gasteiger partial charge >= 0.3 is 0 Å². The quantitative estimate of drug-likeness (QED) is 0.250. The SMILES string of the molecule is C[C@@H]1C=C[C@H](C)C[C@H]1C=O.Cl.Clc1ccc2c(c1)C1(CCNCC1)CCO2.Clc1ccc2c(c1)C1(CCO2)CCN(C[C@@H]2C[C@@H]3C=C[C@H]2C3)CC1. The molecule has 4 heterocycles. The molecule has 0 aromatic heterocycles. The maximum Gasteiger partial charge on any atom is 0.123 e. The number of ether oxygens (including phenoxy) is 2. The van der Waals surface area contributed by atoms with E-state index in [1.54, 1.807) is 0 Å². The summed E-state index contributed by atoms with van der Waals surface area (Å²) < 4.78 is 11.6. The number of piperidine rings is 2. The van der Waals surface area contributed by atoms with Crippen molar-refractivity contribution in [2.75, 3.05) is 45.9 Å². The lowest BCUT2D eigenvalue weighted by molar-refractivity contribution is -0.112. The Balaban J connectivity index is 0.000000144. The fraction of sp³-hybridized carbons (Fsp3) is 0.605. The maximum atomic E-state index is 10.5. The van der Waals surface area contributed by atoms with Crippen molar-refractivity contribution in [1.82, 2.24) is 10.2 Å². The molecule has 3 fully saturated rings. The first-order valence-corrected chi connectivity index (χ1v) is 20.1. The summed E-state index contributed by atoms with van der Waals surface area (Å²) in [6.07, 6.45) is 21.4. The van der Waals surface area contributed by atoms with Gasteiger partial charge in [0, 0.05) is 44.5 Å². The summed E-state index contributed by atoms with van der Waals surface area (Å²) in [6.45, 7) is 11.9. The molecule has 0 amide bonds. The van der Waals surface area contributed by atoms with E-state index in [4.69, 9.17) is 32.7 Å². The van der Waals surface area contributed by atoms with E-state index >= 15 is 0 Å². The molecule has 7 aliphatic rings. The smallest absolute Gasteiger partial charge is 0.123 e. The second-order valence-corrected chi connectivity index (χ2v) is 17.3. The third kappa shape index (κ3) is 8.70. The lowest BCUT2D eigenvalue weighted by Gasteiger charge is -2.45. The summed E-state index contributed by atoms with van der Waals surface area (Å²) in [4.78, 5) is 13.2. The van der Waals surface area contributed by atoms with Crippen LogP contribution in [-0.2, 0) is 15.6 Å². The molecule has 2 saturated heterocycles. The summed E-state index contributed by atoms with van der Waals surface area (Å²) in [5.41, 5.74) is 3.30. The van der Waals surface area contributed by atoms with Gasteiger partial charge in [0.2, 0.25) is 0 Å². The van der Waals surface area contributed by atoms with E-state index in [1.807, 2.05) is 18.2 Å². The van der Waals surface area contributed by atoms with Crippen LogP contribution in [0.4, 0.5) is 0 Å². The Morgan fingerprint density at radius 1 is 0.784 bits per heavy atom. The molecule has 51 heavy (non-hydrogen) atoms. The van der Waals surface area contributed by atoms with Gasteiger partial charge < -0.3 is 24.5 Å². The molecule has 2 spiro atoms. The summed E-state index contributed by atoms with van der Waals surface area (Å²) >= 11 is 12.4. The Labute approximate surface area is 322 Å². The van der Waals surface area contributed by atoms with Gasteiger partial charge in [-0.3, -0.25) is 0 Å². The summed E-state index contributed by atoms with van der Waals surface area (Å²) in [7, 11) is 0. The zero-order valence-electron chi connectivity index (χ0n) is 30.5. The predicted octanol–water partition coefficient (Wildman–Crippen LogP) is 9.87. The van der Waals surface area contributed by atoms with E-state index in [-0.39, 0.29) is 18.3 Å². The van der Waals surface area contributed by atoms with Crippen molar-refractivity contribution in [3.8, 4) is 11.5 Å². The molecule has 3 aliphatic carbocycles. The number of likely N-dealkylation sites (tertiary alicyclic amines) is 1. The lowest BCUT2D eigenvalue weighted by Crippen LogP contribution is -2.46. The van der Waals surface area contributed by atoms with Crippen LogP contribution in [0.5, 0.6) is 11.5 Å². The summed E-state index contributed by atoms with van der Waals surface area (Å²) in [6, 6.07) is 12.2. The molecule has 8 heteroatoms. The first-order chi connectivity index (χ1) is 24.3. The van der Waals surface area contributed by atoms with E-state index in [2.05, 4.69) is 66.6 Å². The number of allylic oxidation sites excluding steroid dienone is 4. The number of halogens is 3. The van der Waals surface area contributed by atoms with Gasteiger partial charge in [0.1, 0.15) is 17.8 Å². The topological polar surface area (TPSA) is 50.8 Å². The summed E-state index contributed by atoms with van der Waals surface area (Å²) in [5.74, 6) is 6.08. The first kappa shape index (κ1) is 38.7. The van der Waals surface area contributed by atoms with E-state index in [0.29, 0.717) is 22.7 Å². The third-order valence-electron chi connectivity index (χ3n) is 13.2. The van der Waals surface area contributed by atoms with Gasteiger partial charge in [0.05, 0.1) is 13.2 Å². The molecule has 2 aromatic carbocycles. The Morgan fingerprint density at radius 2 is 1.39 bits per heavy atom. The highest BCUT2D eigenvalue weighted by Crippen LogP contribution is 2.49. The number of hydrogen-bond acceptors (Lipinski definition) is 5. The minimum absolute atomic E-state index is 0. The van der Waals surface area contributed by atoms with Crippen molar-refractivity contribution in [2.24, 2.45) is 35.5 Å². The zero-order chi connectivity index (χ0) is 34.7. The van der Waals surface area contributed by atoms with Crippen LogP contribution in [0.3, 0.4) is 0 Å². The third-order valence-corrected chi connectivity index (χ3v) is 13.7. The van der Waals surface area contributed by atoms with Crippen LogP contribution >= 0.6 is 35.6 Å². The average molecular weight is 756 g/mol. The minimum Gasteiger partial charge on any atom is -0.493 e. The van der Waals surface area contributed by atoms with Crippen molar-refractivity contribution in [3.63, 3.8) is 0 Å². The van der Waals surface area contributed by atoms with E-state index in [9.17, 15) is 4.79 Å². The number of benzene rings is 2.